The van der Waals surface area contributed by atoms with Crippen LogP contribution < -0.4 is 14.8 Å². The lowest BCUT2D eigenvalue weighted by molar-refractivity contribution is -0.122. The summed E-state index contributed by atoms with van der Waals surface area (Å²) in [6, 6.07) is 15.2. The van der Waals surface area contributed by atoms with E-state index in [1.54, 1.807) is 13.0 Å². The fourth-order valence-electron chi connectivity index (χ4n) is 2.57. The van der Waals surface area contributed by atoms with Gasteiger partial charge in [-0.25, -0.2) is 0 Å². The molecule has 0 aromatic heterocycles. The zero-order valence-corrected chi connectivity index (χ0v) is 16.6. The zero-order chi connectivity index (χ0) is 19.8. The van der Waals surface area contributed by atoms with Gasteiger partial charge in [0.25, 0.3) is 5.91 Å². The van der Waals surface area contributed by atoms with Gasteiger partial charge in [-0.15, -0.1) is 0 Å². The average Bonchev–Trinajstić information content (AvgIpc) is 2.66. The molecule has 0 saturated carbocycles. The fraction of sp³-hybridized carbons (Fsp3) is 0.348. The molecule has 0 saturated heterocycles. The minimum atomic E-state index is -0.616. The molecule has 0 aliphatic rings. The summed E-state index contributed by atoms with van der Waals surface area (Å²) in [4.78, 5) is 12.6. The van der Waals surface area contributed by atoms with Crippen LogP contribution in [0.3, 0.4) is 0 Å². The minimum Gasteiger partial charge on any atom is -0.489 e. The molecule has 2 aromatic carbocycles. The molecule has 1 amide bonds. The van der Waals surface area contributed by atoms with E-state index in [4.69, 9.17) is 9.47 Å². The standard InChI is InChI=1S/C23H29NO3/c1-6-17(4)21-12-7-8-13-22(21)27-18(5)23(25)24-19-10-9-11-20(14-19)26-15-16(2)3/h7-14,17-18H,2,6,15H2,1,3-5H3,(H,24,25). The van der Waals surface area contributed by atoms with Crippen molar-refractivity contribution in [2.45, 2.75) is 46.1 Å². The average molecular weight is 367 g/mol. The minimum absolute atomic E-state index is 0.203. The van der Waals surface area contributed by atoms with Crippen molar-refractivity contribution in [2.24, 2.45) is 0 Å². The van der Waals surface area contributed by atoms with Crippen molar-refractivity contribution < 1.29 is 14.3 Å². The number of anilines is 1. The summed E-state index contributed by atoms with van der Waals surface area (Å²) in [6.45, 7) is 12.2. The first kappa shape index (κ1) is 20.6. The highest BCUT2D eigenvalue weighted by Gasteiger charge is 2.18. The van der Waals surface area contributed by atoms with Gasteiger partial charge in [-0.05, 0) is 55.5 Å². The molecule has 0 aliphatic carbocycles. The number of hydrogen-bond donors (Lipinski definition) is 1. The third kappa shape index (κ3) is 6.17. The van der Waals surface area contributed by atoms with Crippen LogP contribution in [0.15, 0.2) is 60.7 Å². The maximum atomic E-state index is 12.6. The molecule has 0 heterocycles. The third-order valence-corrected chi connectivity index (χ3v) is 4.32. The van der Waals surface area contributed by atoms with Crippen molar-refractivity contribution in [3.8, 4) is 11.5 Å². The summed E-state index contributed by atoms with van der Waals surface area (Å²) in [5.74, 6) is 1.61. The highest BCUT2D eigenvalue weighted by atomic mass is 16.5. The van der Waals surface area contributed by atoms with Gasteiger partial charge in [0.2, 0.25) is 0 Å². The van der Waals surface area contributed by atoms with Gasteiger partial charge in [-0.3, -0.25) is 4.79 Å². The molecule has 0 aliphatic heterocycles. The monoisotopic (exact) mass is 367 g/mol. The van der Waals surface area contributed by atoms with Crippen LogP contribution >= 0.6 is 0 Å². The number of carbonyl (C=O) groups is 1. The van der Waals surface area contributed by atoms with Gasteiger partial charge in [0.05, 0.1) is 0 Å². The lowest BCUT2D eigenvalue weighted by Gasteiger charge is -2.19. The smallest absolute Gasteiger partial charge is 0.265 e. The fourth-order valence-corrected chi connectivity index (χ4v) is 2.57. The van der Waals surface area contributed by atoms with Crippen LogP contribution in [0.1, 0.15) is 45.6 Å². The van der Waals surface area contributed by atoms with E-state index in [-0.39, 0.29) is 5.91 Å². The van der Waals surface area contributed by atoms with Gasteiger partial charge in [0.1, 0.15) is 18.1 Å². The molecule has 0 spiro atoms. The van der Waals surface area contributed by atoms with Gasteiger partial charge in [0, 0.05) is 11.8 Å². The first-order valence-corrected chi connectivity index (χ1v) is 9.34. The Labute approximate surface area is 162 Å². The second-order valence-corrected chi connectivity index (χ2v) is 6.87. The Balaban J connectivity index is 2.02. The highest BCUT2D eigenvalue weighted by molar-refractivity contribution is 5.94. The Bertz CT molecular complexity index is 785. The van der Waals surface area contributed by atoms with Crippen LogP contribution in [-0.4, -0.2) is 18.6 Å². The summed E-state index contributed by atoms with van der Waals surface area (Å²) in [6.07, 6.45) is 0.396. The number of amides is 1. The number of nitrogens with one attached hydrogen (secondary N) is 1. The van der Waals surface area contributed by atoms with Crippen LogP contribution in [0, 0.1) is 0 Å². The van der Waals surface area contributed by atoms with Gasteiger partial charge >= 0.3 is 0 Å². The van der Waals surface area contributed by atoms with Crippen LogP contribution in [0.5, 0.6) is 11.5 Å². The predicted octanol–water partition coefficient (Wildman–Crippen LogP) is 5.56. The first-order valence-electron chi connectivity index (χ1n) is 9.34. The van der Waals surface area contributed by atoms with Crippen molar-refractivity contribution >= 4 is 11.6 Å². The summed E-state index contributed by atoms with van der Waals surface area (Å²) < 4.78 is 11.6. The number of benzene rings is 2. The maximum absolute atomic E-state index is 12.6. The number of hydrogen-bond acceptors (Lipinski definition) is 3. The number of ether oxygens (including phenoxy) is 2. The van der Waals surface area contributed by atoms with E-state index in [0.717, 1.165) is 23.3 Å². The van der Waals surface area contributed by atoms with Gasteiger partial charge in [-0.1, -0.05) is 44.7 Å². The molecule has 1 N–H and O–H groups in total. The van der Waals surface area contributed by atoms with Crippen molar-refractivity contribution in [1.82, 2.24) is 0 Å². The summed E-state index contributed by atoms with van der Waals surface area (Å²) in [5, 5.41) is 2.89. The van der Waals surface area contributed by atoms with Crippen LogP contribution in [0.4, 0.5) is 5.69 Å². The molecular formula is C23H29NO3. The van der Waals surface area contributed by atoms with Crippen molar-refractivity contribution in [3.63, 3.8) is 0 Å². The van der Waals surface area contributed by atoms with Gasteiger partial charge in [0.15, 0.2) is 6.10 Å². The van der Waals surface area contributed by atoms with E-state index in [1.807, 2.05) is 43.3 Å². The Morgan fingerprint density at radius 2 is 1.89 bits per heavy atom. The second kappa shape index (κ2) is 9.81. The molecule has 4 heteroatoms. The summed E-state index contributed by atoms with van der Waals surface area (Å²) in [7, 11) is 0. The molecule has 0 radical (unpaired) electrons. The molecule has 2 unspecified atom stereocenters. The topological polar surface area (TPSA) is 47.6 Å². The molecule has 27 heavy (non-hydrogen) atoms. The van der Waals surface area contributed by atoms with Crippen molar-refractivity contribution in [3.05, 3.63) is 66.2 Å². The van der Waals surface area contributed by atoms with E-state index < -0.39 is 6.10 Å². The normalized spacial score (nSPS) is 12.7. The molecular weight excluding hydrogens is 338 g/mol. The lowest BCUT2D eigenvalue weighted by atomic mass is 9.98. The van der Waals surface area contributed by atoms with Crippen molar-refractivity contribution in [2.75, 3.05) is 11.9 Å². The molecule has 0 bridgehead atoms. The SMILES string of the molecule is C=C(C)COc1cccc(NC(=O)C(C)Oc2ccccc2C(C)CC)c1. The van der Waals surface area contributed by atoms with Crippen molar-refractivity contribution in [1.29, 1.82) is 0 Å². The van der Waals surface area contributed by atoms with Crippen LogP contribution in [-0.2, 0) is 4.79 Å². The first-order chi connectivity index (χ1) is 12.9. The maximum Gasteiger partial charge on any atom is 0.265 e. The molecule has 0 fully saturated rings. The lowest BCUT2D eigenvalue weighted by Crippen LogP contribution is -2.30. The van der Waals surface area contributed by atoms with Gasteiger partial charge < -0.3 is 14.8 Å². The molecule has 4 nitrogen and oxygen atoms in total. The molecule has 2 rings (SSSR count). The quantitative estimate of drug-likeness (QED) is 0.590. The molecule has 2 aromatic rings. The van der Waals surface area contributed by atoms with E-state index in [9.17, 15) is 4.79 Å². The Hall–Kier alpha value is -2.75. The molecule has 2 atom stereocenters. The second-order valence-electron chi connectivity index (χ2n) is 6.87. The van der Waals surface area contributed by atoms with Crippen LogP contribution in [0.2, 0.25) is 0 Å². The van der Waals surface area contributed by atoms with E-state index >= 15 is 0 Å². The Kier molecular flexibility index (Phi) is 7.47. The third-order valence-electron chi connectivity index (χ3n) is 4.32. The van der Waals surface area contributed by atoms with Gasteiger partial charge in [-0.2, -0.15) is 0 Å². The van der Waals surface area contributed by atoms with E-state index in [2.05, 4.69) is 31.8 Å². The zero-order valence-electron chi connectivity index (χ0n) is 16.6. The Morgan fingerprint density at radius 3 is 2.59 bits per heavy atom. The number of para-hydroxylation sites is 1. The van der Waals surface area contributed by atoms with E-state index in [1.165, 1.54) is 0 Å². The number of rotatable bonds is 9. The molecule has 144 valence electrons. The largest absolute Gasteiger partial charge is 0.489 e. The summed E-state index contributed by atoms with van der Waals surface area (Å²) >= 11 is 0. The highest BCUT2D eigenvalue weighted by Crippen LogP contribution is 2.29. The van der Waals surface area contributed by atoms with E-state index in [0.29, 0.717) is 24.0 Å². The summed E-state index contributed by atoms with van der Waals surface area (Å²) in [5.41, 5.74) is 2.73. The predicted molar refractivity (Wildman–Crippen MR) is 111 cm³/mol. The van der Waals surface area contributed by atoms with Crippen LogP contribution in [0.25, 0.3) is 0 Å². The number of carbonyl (C=O) groups excluding carboxylic acids is 1. The Morgan fingerprint density at radius 1 is 1.15 bits per heavy atom.